The molecule has 0 heterocycles. The van der Waals surface area contributed by atoms with E-state index in [1.807, 2.05) is 30.0 Å². The lowest BCUT2D eigenvalue weighted by Crippen LogP contribution is -2.30. The fraction of sp³-hybridized carbons (Fsp3) is 0.316. The average molecular weight is 377 g/mol. The van der Waals surface area contributed by atoms with Crippen LogP contribution in [0.15, 0.2) is 42.5 Å². The predicted molar refractivity (Wildman–Crippen MR) is 111 cm³/mol. The lowest BCUT2D eigenvalue weighted by Gasteiger charge is -2.13. The molecule has 0 aromatic heterocycles. The van der Waals surface area contributed by atoms with Gasteiger partial charge in [-0.05, 0) is 36.8 Å². The number of anilines is 1. The Kier molecular flexibility index (Phi) is 7.88. The van der Waals surface area contributed by atoms with Crippen molar-refractivity contribution >= 4 is 34.8 Å². The number of nitrogens with one attached hydrogen (secondary N) is 2. The van der Waals surface area contributed by atoms with Crippen molar-refractivity contribution in [2.45, 2.75) is 12.7 Å². The number of rotatable bonds is 8. The van der Waals surface area contributed by atoms with E-state index in [1.54, 1.807) is 14.2 Å². The third-order valence-electron chi connectivity index (χ3n) is 3.56. The van der Waals surface area contributed by atoms with E-state index in [4.69, 9.17) is 21.7 Å². The van der Waals surface area contributed by atoms with Crippen molar-refractivity contribution in [3.05, 3.63) is 53.6 Å². The van der Waals surface area contributed by atoms with Gasteiger partial charge in [0.15, 0.2) is 16.6 Å². The van der Waals surface area contributed by atoms with Gasteiger partial charge in [-0.3, -0.25) is 0 Å². The topological polar surface area (TPSA) is 42.5 Å². The Morgan fingerprint density at radius 2 is 1.76 bits per heavy atom. The molecule has 0 radical (unpaired) electrons. The Morgan fingerprint density at radius 3 is 2.44 bits per heavy atom. The fourth-order valence-electron chi connectivity index (χ4n) is 2.20. The second-order valence-electron chi connectivity index (χ2n) is 5.49. The highest BCUT2D eigenvalue weighted by Crippen LogP contribution is 2.29. The van der Waals surface area contributed by atoms with Crippen molar-refractivity contribution in [3.63, 3.8) is 0 Å². The molecule has 0 saturated carbocycles. The zero-order valence-electron chi connectivity index (χ0n) is 14.8. The second kappa shape index (κ2) is 10.2. The molecule has 2 aromatic carbocycles. The minimum Gasteiger partial charge on any atom is -0.493 e. The summed E-state index contributed by atoms with van der Waals surface area (Å²) in [5.41, 5.74) is 3.51. The van der Waals surface area contributed by atoms with Crippen LogP contribution in [0.2, 0.25) is 0 Å². The minimum atomic E-state index is 0.600. The normalized spacial score (nSPS) is 10.2. The molecule has 0 saturated heterocycles. The van der Waals surface area contributed by atoms with Crippen molar-refractivity contribution in [2.75, 3.05) is 31.8 Å². The summed E-state index contributed by atoms with van der Waals surface area (Å²) in [7, 11) is 3.23. The van der Waals surface area contributed by atoms with Crippen LogP contribution < -0.4 is 20.1 Å². The average Bonchev–Trinajstić information content (AvgIpc) is 2.62. The Labute approximate surface area is 159 Å². The molecule has 0 spiro atoms. The van der Waals surface area contributed by atoms with Gasteiger partial charge in [0.25, 0.3) is 0 Å². The van der Waals surface area contributed by atoms with Crippen LogP contribution in [0.5, 0.6) is 11.5 Å². The Morgan fingerprint density at radius 1 is 1.04 bits per heavy atom. The van der Waals surface area contributed by atoms with Crippen LogP contribution in [0.3, 0.4) is 0 Å². The van der Waals surface area contributed by atoms with Crippen molar-refractivity contribution in [1.82, 2.24) is 5.32 Å². The highest BCUT2D eigenvalue weighted by Gasteiger charge is 2.05. The molecule has 0 aliphatic heterocycles. The summed E-state index contributed by atoms with van der Waals surface area (Å²) in [6.45, 7) is 2.92. The van der Waals surface area contributed by atoms with E-state index < -0.39 is 0 Å². The van der Waals surface area contributed by atoms with Crippen LogP contribution in [0.4, 0.5) is 5.69 Å². The number of aryl methyl sites for hydroxylation is 1. The van der Waals surface area contributed by atoms with Gasteiger partial charge in [-0.1, -0.05) is 29.8 Å². The first-order valence-corrected chi connectivity index (χ1v) is 9.59. The summed E-state index contributed by atoms with van der Waals surface area (Å²) < 4.78 is 10.5. The first-order valence-electron chi connectivity index (χ1n) is 8.02. The lowest BCUT2D eigenvalue weighted by molar-refractivity contribution is 0.355. The molecule has 0 amide bonds. The van der Waals surface area contributed by atoms with Crippen LogP contribution >= 0.6 is 24.0 Å². The molecule has 0 bridgehead atoms. The minimum absolute atomic E-state index is 0.600. The summed E-state index contributed by atoms with van der Waals surface area (Å²) in [6, 6.07) is 14.3. The maximum absolute atomic E-state index is 5.33. The molecule has 6 heteroatoms. The van der Waals surface area contributed by atoms with Crippen molar-refractivity contribution in [3.8, 4) is 11.5 Å². The second-order valence-corrected chi connectivity index (χ2v) is 7.00. The van der Waals surface area contributed by atoms with Gasteiger partial charge in [0.1, 0.15) is 0 Å². The summed E-state index contributed by atoms with van der Waals surface area (Å²) in [5.74, 6) is 3.36. The van der Waals surface area contributed by atoms with Crippen molar-refractivity contribution in [2.24, 2.45) is 0 Å². The maximum atomic E-state index is 5.33. The molecule has 134 valence electrons. The molecule has 2 aromatic rings. The molecule has 2 rings (SSSR count). The first-order chi connectivity index (χ1) is 12.1. The van der Waals surface area contributed by atoms with E-state index in [9.17, 15) is 0 Å². The number of thiocarbonyl (C=S) groups is 1. The fourth-order valence-corrected chi connectivity index (χ4v) is 3.24. The van der Waals surface area contributed by atoms with Gasteiger partial charge < -0.3 is 20.1 Å². The Hall–Kier alpha value is -1.92. The first kappa shape index (κ1) is 19.4. The van der Waals surface area contributed by atoms with Gasteiger partial charge in [-0.25, -0.2) is 0 Å². The van der Waals surface area contributed by atoms with Gasteiger partial charge >= 0.3 is 0 Å². The van der Waals surface area contributed by atoms with Crippen molar-refractivity contribution < 1.29 is 9.47 Å². The monoisotopic (exact) mass is 376 g/mol. The summed E-state index contributed by atoms with van der Waals surface area (Å²) in [5, 5.41) is 6.98. The van der Waals surface area contributed by atoms with Gasteiger partial charge in [0.2, 0.25) is 0 Å². The van der Waals surface area contributed by atoms with Gasteiger partial charge in [0, 0.05) is 29.8 Å². The SMILES string of the molecule is COc1ccc(NC(=S)NCCSCc2ccc(C)cc2)cc1OC. The highest BCUT2D eigenvalue weighted by molar-refractivity contribution is 7.98. The van der Waals surface area contributed by atoms with Gasteiger partial charge in [-0.2, -0.15) is 11.8 Å². The maximum Gasteiger partial charge on any atom is 0.170 e. The summed E-state index contributed by atoms with van der Waals surface area (Å²) in [6.07, 6.45) is 0. The van der Waals surface area contributed by atoms with E-state index >= 15 is 0 Å². The zero-order valence-corrected chi connectivity index (χ0v) is 16.4. The van der Waals surface area contributed by atoms with Crippen LogP contribution in [0.1, 0.15) is 11.1 Å². The molecule has 0 unspecified atom stereocenters. The molecule has 2 N–H and O–H groups in total. The molecule has 0 aliphatic carbocycles. The third-order valence-corrected chi connectivity index (χ3v) is 4.84. The predicted octanol–water partition coefficient (Wildman–Crippen LogP) is 4.23. The molecule has 25 heavy (non-hydrogen) atoms. The Bertz CT molecular complexity index is 690. The molecule has 0 aliphatic rings. The number of hydrogen-bond donors (Lipinski definition) is 2. The zero-order chi connectivity index (χ0) is 18.1. The number of hydrogen-bond acceptors (Lipinski definition) is 4. The number of methoxy groups -OCH3 is 2. The molecular formula is C19H24N2O2S2. The summed E-state index contributed by atoms with van der Waals surface area (Å²) in [4.78, 5) is 0. The molecular weight excluding hydrogens is 352 g/mol. The van der Waals surface area contributed by atoms with Gasteiger partial charge in [-0.15, -0.1) is 0 Å². The van der Waals surface area contributed by atoms with E-state index in [0.29, 0.717) is 16.6 Å². The Balaban J connectivity index is 1.69. The van der Waals surface area contributed by atoms with Crippen LogP contribution in [-0.4, -0.2) is 31.6 Å². The highest BCUT2D eigenvalue weighted by atomic mass is 32.2. The van der Waals surface area contributed by atoms with Crippen LogP contribution in [-0.2, 0) is 5.75 Å². The van der Waals surface area contributed by atoms with Crippen molar-refractivity contribution in [1.29, 1.82) is 0 Å². The molecule has 0 atom stereocenters. The number of ether oxygens (including phenoxy) is 2. The van der Waals surface area contributed by atoms with Crippen LogP contribution in [0, 0.1) is 6.92 Å². The molecule has 0 fully saturated rings. The third kappa shape index (κ3) is 6.48. The molecule has 4 nitrogen and oxygen atoms in total. The van der Waals surface area contributed by atoms with Gasteiger partial charge in [0.05, 0.1) is 14.2 Å². The van der Waals surface area contributed by atoms with E-state index in [1.165, 1.54) is 11.1 Å². The van der Waals surface area contributed by atoms with Crippen LogP contribution in [0.25, 0.3) is 0 Å². The lowest BCUT2D eigenvalue weighted by atomic mass is 10.2. The standard InChI is InChI=1S/C19H24N2O2S2/c1-14-4-6-15(7-5-14)13-25-11-10-20-19(24)21-16-8-9-17(22-2)18(12-16)23-3/h4-9,12H,10-11,13H2,1-3H3,(H2,20,21,24). The largest absolute Gasteiger partial charge is 0.493 e. The smallest absolute Gasteiger partial charge is 0.170 e. The van der Waals surface area contributed by atoms with E-state index in [0.717, 1.165) is 23.7 Å². The summed E-state index contributed by atoms with van der Waals surface area (Å²) >= 11 is 7.22. The number of benzene rings is 2. The quantitative estimate of drug-likeness (QED) is 0.531. The van der Waals surface area contributed by atoms with E-state index in [2.05, 4.69) is 41.8 Å². The number of thioether (sulfide) groups is 1. The van der Waals surface area contributed by atoms with E-state index in [-0.39, 0.29) is 0 Å².